The first kappa shape index (κ1) is 17.2. The summed E-state index contributed by atoms with van der Waals surface area (Å²) in [6.45, 7) is 5.60. The van der Waals surface area contributed by atoms with E-state index < -0.39 is 5.97 Å². The minimum Gasteiger partial charge on any atom is -0.507 e. The van der Waals surface area contributed by atoms with Crippen LogP contribution in [0.1, 0.15) is 30.5 Å². The van der Waals surface area contributed by atoms with Crippen LogP contribution in [0.25, 0.3) is 0 Å². The summed E-state index contributed by atoms with van der Waals surface area (Å²) >= 11 is 6.34. The van der Waals surface area contributed by atoms with E-state index in [-0.39, 0.29) is 11.5 Å². The van der Waals surface area contributed by atoms with Crippen LogP contribution in [0.15, 0.2) is 30.3 Å². The highest BCUT2D eigenvalue weighted by atomic mass is 35.5. The van der Waals surface area contributed by atoms with E-state index in [4.69, 9.17) is 21.1 Å². The number of aromatic hydroxyl groups is 1. The third-order valence-corrected chi connectivity index (χ3v) is 3.92. The van der Waals surface area contributed by atoms with Crippen molar-refractivity contribution < 1.29 is 19.4 Å². The van der Waals surface area contributed by atoms with Crippen molar-refractivity contribution in [2.45, 2.75) is 27.2 Å². The Balaban J connectivity index is 2.29. The van der Waals surface area contributed by atoms with E-state index >= 15 is 0 Å². The highest BCUT2D eigenvalue weighted by Crippen LogP contribution is 2.37. The molecule has 0 aliphatic carbocycles. The first-order valence-corrected chi connectivity index (χ1v) is 7.71. The van der Waals surface area contributed by atoms with Gasteiger partial charge in [-0.25, -0.2) is 0 Å². The highest BCUT2D eigenvalue weighted by Gasteiger charge is 2.16. The lowest BCUT2D eigenvalue weighted by Gasteiger charge is -2.14. The summed E-state index contributed by atoms with van der Waals surface area (Å²) in [6, 6.07) is 9.03. The van der Waals surface area contributed by atoms with Gasteiger partial charge < -0.3 is 14.6 Å². The zero-order valence-electron chi connectivity index (χ0n) is 13.4. The molecule has 2 aromatic rings. The lowest BCUT2D eigenvalue weighted by Crippen LogP contribution is -2.04. The van der Waals surface area contributed by atoms with Crippen molar-refractivity contribution in [1.82, 2.24) is 0 Å². The van der Waals surface area contributed by atoms with Gasteiger partial charge in [0.25, 0.3) is 0 Å². The van der Waals surface area contributed by atoms with Crippen LogP contribution in [-0.2, 0) is 11.2 Å². The highest BCUT2D eigenvalue weighted by molar-refractivity contribution is 6.32. The van der Waals surface area contributed by atoms with Gasteiger partial charge in [0.2, 0.25) is 0 Å². The number of carbonyl (C=O) groups excluding carboxylic acids is 1. The van der Waals surface area contributed by atoms with Gasteiger partial charge in [-0.2, -0.15) is 0 Å². The quantitative estimate of drug-likeness (QED) is 0.655. The number of benzene rings is 2. The molecule has 0 saturated carbocycles. The number of halogens is 1. The van der Waals surface area contributed by atoms with E-state index in [2.05, 4.69) is 0 Å². The number of hydrogen-bond acceptors (Lipinski definition) is 4. The number of rotatable bonds is 5. The molecule has 0 radical (unpaired) electrons. The Morgan fingerprint density at radius 1 is 1.26 bits per heavy atom. The fraction of sp³-hybridized carbons (Fsp3) is 0.278. The second-order valence-corrected chi connectivity index (χ2v) is 5.54. The van der Waals surface area contributed by atoms with Crippen molar-refractivity contribution in [3.63, 3.8) is 0 Å². The fourth-order valence-electron chi connectivity index (χ4n) is 2.27. The van der Waals surface area contributed by atoms with E-state index in [1.807, 2.05) is 31.2 Å². The molecule has 0 amide bonds. The summed E-state index contributed by atoms with van der Waals surface area (Å²) in [4.78, 5) is 11.1. The van der Waals surface area contributed by atoms with Crippen LogP contribution < -0.4 is 9.47 Å². The first-order valence-electron chi connectivity index (χ1n) is 7.33. The number of carbonyl (C=O) groups is 1. The number of esters is 1. The molecule has 0 aromatic heterocycles. The SMILES string of the molecule is CCOc1ccc(Cc2c(O)cc(OC(C)=O)c(C)c2Cl)cc1. The maximum atomic E-state index is 11.1. The molecule has 0 fully saturated rings. The summed E-state index contributed by atoms with van der Waals surface area (Å²) in [7, 11) is 0. The van der Waals surface area contributed by atoms with Crippen molar-refractivity contribution in [1.29, 1.82) is 0 Å². The van der Waals surface area contributed by atoms with Crippen LogP contribution in [0.4, 0.5) is 0 Å². The topological polar surface area (TPSA) is 55.8 Å². The summed E-state index contributed by atoms with van der Waals surface area (Å²) in [5.74, 6) is 0.622. The maximum Gasteiger partial charge on any atom is 0.308 e. The predicted molar refractivity (Wildman–Crippen MR) is 89.6 cm³/mol. The molecule has 0 heterocycles. The van der Waals surface area contributed by atoms with Crippen molar-refractivity contribution in [3.05, 3.63) is 52.0 Å². The van der Waals surface area contributed by atoms with Gasteiger partial charge in [-0.1, -0.05) is 23.7 Å². The molecular formula is C18H19ClO4. The largest absolute Gasteiger partial charge is 0.507 e. The molecule has 23 heavy (non-hydrogen) atoms. The monoisotopic (exact) mass is 334 g/mol. The fourth-order valence-corrected chi connectivity index (χ4v) is 2.53. The molecule has 2 rings (SSSR count). The number of ether oxygens (including phenoxy) is 2. The third kappa shape index (κ3) is 4.17. The van der Waals surface area contributed by atoms with Gasteiger partial charge in [0, 0.05) is 30.5 Å². The molecule has 4 nitrogen and oxygen atoms in total. The van der Waals surface area contributed by atoms with E-state index in [0.29, 0.717) is 29.2 Å². The molecular weight excluding hydrogens is 316 g/mol. The first-order chi connectivity index (χ1) is 10.9. The van der Waals surface area contributed by atoms with Gasteiger partial charge in [-0.05, 0) is 31.5 Å². The van der Waals surface area contributed by atoms with E-state index in [1.165, 1.54) is 13.0 Å². The summed E-state index contributed by atoms with van der Waals surface area (Å²) in [5.41, 5.74) is 2.22. The molecule has 0 atom stereocenters. The predicted octanol–water partition coefficient (Wildman–Crippen LogP) is 4.27. The Hall–Kier alpha value is -2.20. The van der Waals surface area contributed by atoms with E-state index in [9.17, 15) is 9.90 Å². The smallest absolute Gasteiger partial charge is 0.308 e. The Labute approximate surface area is 140 Å². The standard InChI is InChI=1S/C18H19ClO4/c1-4-22-14-7-5-13(6-8-14)9-15-16(21)10-17(23-12(3)20)11(2)18(15)19/h5-8,10,21H,4,9H2,1-3H3. The lowest BCUT2D eigenvalue weighted by atomic mass is 10.0. The second-order valence-electron chi connectivity index (χ2n) is 5.16. The van der Waals surface area contributed by atoms with Gasteiger partial charge in [0.15, 0.2) is 0 Å². The average Bonchev–Trinajstić information content (AvgIpc) is 2.50. The minimum atomic E-state index is -0.456. The van der Waals surface area contributed by atoms with Gasteiger partial charge in [0.1, 0.15) is 17.2 Å². The Kier molecular flexibility index (Phi) is 5.50. The number of phenolic OH excluding ortho intramolecular Hbond substituents is 1. The Bertz CT molecular complexity index is 708. The zero-order chi connectivity index (χ0) is 17.0. The summed E-state index contributed by atoms with van der Waals surface area (Å²) < 4.78 is 10.5. The van der Waals surface area contributed by atoms with Gasteiger partial charge >= 0.3 is 5.97 Å². The Morgan fingerprint density at radius 2 is 1.91 bits per heavy atom. The molecule has 0 aliphatic heterocycles. The summed E-state index contributed by atoms with van der Waals surface area (Å²) in [5, 5.41) is 10.6. The van der Waals surface area contributed by atoms with Gasteiger partial charge in [0.05, 0.1) is 11.6 Å². The summed E-state index contributed by atoms with van der Waals surface area (Å²) in [6.07, 6.45) is 0.470. The lowest BCUT2D eigenvalue weighted by molar-refractivity contribution is -0.131. The van der Waals surface area contributed by atoms with Crippen LogP contribution in [0, 0.1) is 6.92 Å². The van der Waals surface area contributed by atoms with Crippen LogP contribution in [0.2, 0.25) is 5.02 Å². The van der Waals surface area contributed by atoms with Crippen LogP contribution in [0.5, 0.6) is 17.2 Å². The molecule has 2 aromatic carbocycles. The molecule has 0 spiro atoms. The van der Waals surface area contributed by atoms with Crippen LogP contribution in [0.3, 0.4) is 0 Å². The van der Waals surface area contributed by atoms with E-state index in [0.717, 1.165) is 11.3 Å². The van der Waals surface area contributed by atoms with Crippen molar-refractivity contribution >= 4 is 17.6 Å². The molecule has 0 saturated heterocycles. The molecule has 0 aliphatic rings. The van der Waals surface area contributed by atoms with Crippen molar-refractivity contribution in [2.75, 3.05) is 6.61 Å². The number of phenols is 1. The Morgan fingerprint density at radius 3 is 2.48 bits per heavy atom. The van der Waals surface area contributed by atoms with Crippen LogP contribution in [-0.4, -0.2) is 17.7 Å². The minimum absolute atomic E-state index is 0.00531. The van der Waals surface area contributed by atoms with Gasteiger partial charge in [-0.15, -0.1) is 0 Å². The van der Waals surface area contributed by atoms with Crippen molar-refractivity contribution in [2.24, 2.45) is 0 Å². The molecule has 1 N–H and O–H groups in total. The van der Waals surface area contributed by atoms with Crippen molar-refractivity contribution in [3.8, 4) is 17.2 Å². The zero-order valence-corrected chi connectivity index (χ0v) is 14.1. The average molecular weight is 335 g/mol. The molecule has 0 bridgehead atoms. The number of hydrogen-bond donors (Lipinski definition) is 1. The third-order valence-electron chi connectivity index (χ3n) is 3.41. The maximum absolute atomic E-state index is 11.1. The molecule has 122 valence electrons. The second kappa shape index (κ2) is 7.38. The molecule has 5 heteroatoms. The van der Waals surface area contributed by atoms with E-state index in [1.54, 1.807) is 6.92 Å². The molecule has 0 unspecified atom stereocenters. The van der Waals surface area contributed by atoms with Crippen LogP contribution >= 0.6 is 11.6 Å². The normalized spacial score (nSPS) is 10.4. The van der Waals surface area contributed by atoms with Gasteiger partial charge in [-0.3, -0.25) is 4.79 Å².